The Hall–Kier alpha value is -2.29. The predicted octanol–water partition coefficient (Wildman–Crippen LogP) is 0.00800. The van der Waals surface area contributed by atoms with E-state index in [1.165, 1.54) is 19.1 Å². The first kappa shape index (κ1) is 20.0. The van der Waals surface area contributed by atoms with E-state index in [0.717, 1.165) is 5.56 Å². The average Bonchev–Trinajstić information content (AvgIpc) is 2.98. The van der Waals surface area contributed by atoms with Gasteiger partial charge in [-0.3, -0.25) is 9.59 Å². The lowest BCUT2D eigenvalue weighted by Crippen LogP contribution is -2.44. The molecule has 0 saturated carbocycles. The van der Waals surface area contributed by atoms with Crippen LogP contribution in [0.2, 0.25) is 0 Å². The number of hydrogen-bond acceptors (Lipinski definition) is 6. The summed E-state index contributed by atoms with van der Waals surface area (Å²) < 4.78 is 33.4. The van der Waals surface area contributed by atoms with Crippen LogP contribution < -0.4 is 14.8 Å². The van der Waals surface area contributed by atoms with Crippen molar-refractivity contribution in [3.8, 4) is 11.5 Å². The fourth-order valence-electron chi connectivity index (χ4n) is 2.82. The molecule has 0 bridgehead atoms. The van der Waals surface area contributed by atoms with E-state index in [-0.39, 0.29) is 42.3 Å². The molecule has 1 aliphatic rings. The number of sulfone groups is 1. The second-order valence-electron chi connectivity index (χ2n) is 6.20. The molecular weight excluding hydrogens is 360 g/mol. The molecule has 1 heterocycles. The van der Waals surface area contributed by atoms with Crippen LogP contribution in [0, 0.1) is 0 Å². The highest BCUT2D eigenvalue weighted by Gasteiger charge is 2.32. The minimum atomic E-state index is -3.06. The van der Waals surface area contributed by atoms with Gasteiger partial charge in [0.25, 0.3) is 0 Å². The maximum atomic E-state index is 12.2. The van der Waals surface area contributed by atoms with Crippen LogP contribution in [0.3, 0.4) is 0 Å². The van der Waals surface area contributed by atoms with Gasteiger partial charge in [0.15, 0.2) is 21.3 Å². The summed E-state index contributed by atoms with van der Waals surface area (Å²) in [6.45, 7) is -0.167. The quantitative estimate of drug-likeness (QED) is 0.710. The Balaban J connectivity index is 1.85. The van der Waals surface area contributed by atoms with Crippen LogP contribution >= 0.6 is 0 Å². The minimum absolute atomic E-state index is 0.0190. The molecule has 1 atom stereocenters. The number of carbonyl (C=O) groups excluding carboxylic acids is 2. The summed E-state index contributed by atoms with van der Waals surface area (Å²) in [6.07, 6.45) is 0.527. The Bertz CT molecular complexity index is 777. The number of rotatable bonds is 7. The Labute approximate surface area is 153 Å². The van der Waals surface area contributed by atoms with Gasteiger partial charge in [0.2, 0.25) is 11.8 Å². The Morgan fingerprint density at radius 3 is 2.50 bits per heavy atom. The summed E-state index contributed by atoms with van der Waals surface area (Å²) in [4.78, 5) is 25.6. The van der Waals surface area contributed by atoms with Crippen molar-refractivity contribution in [1.29, 1.82) is 0 Å². The molecule has 1 aliphatic heterocycles. The number of nitrogens with one attached hydrogen (secondary N) is 1. The van der Waals surface area contributed by atoms with E-state index >= 15 is 0 Å². The largest absolute Gasteiger partial charge is 0.493 e. The number of likely N-dealkylation sites (N-methyl/N-ethyl adjacent to an activating group) is 1. The Morgan fingerprint density at radius 2 is 1.92 bits per heavy atom. The van der Waals surface area contributed by atoms with E-state index in [9.17, 15) is 18.0 Å². The molecule has 2 amide bonds. The smallest absolute Gasteiger partial charge is 0.241 e. The molecule has 2 rings (SSSR count). The third-order valence-corrected chi connectivity index (χ3v) is 6.15. The zero-order chi connectivity index (χ0) is 19.3. The number of amides is 2. The van der Waals surface area contributed by atoms with Gasteiger partial charge >= 0.3 is 0 Å². The van der Waals surface area contributed by atoms with Gasteiger partial charge in [-0.2, -0.15) is 0 Å². The van der Waals surface area contributed by atoms with Crippen molar-refractivity contribution in [1.82, 2.24) is 10.2 Å². The predicted molar refractivity (Wildman–Crippen MR) is 96.1 cm³/mol. The number of hydrogen-bond donors (Lipinski definition) is 1. The van der Waals surface area contributed by atoms with Crippen molar-refractivity contribution in [3.05, 3.63) is 23.8 Å². The van der Waals surface area contributed by atoms with Crippen molar-refractivity contribution < 1.29 is 27.5 Å². The van der Waals surface area contributed by atoms with Gasteiger partial charge in [-0.1, -0.05) is 6.07 Å². The van der Waals surface area contributed by atoms with Crippen LogP contribution in [-0.2, 0) is 25.8 Å². The Kier molecular flexibility index (Phi) is 6.47. The molecule has 0 spiro atoms. The molecule has 1 aromatic carbocycles. The summed E-state index contributed by atoms with van der Waals surface area (Å²) in [6, 6.07) is 4.84. The molecular formula is C17H24N2O6S. The summed E-state index contributed by atoms with van der Waals surface area (Å²) >= 11 is 0. The molecule has 0 aliphatic carbocycles. The fourth-order valence-corrected chi connectivity index (χ4v) is 4.60. The topological polar surface area (TPSA) is 102 Å². The van der Waals surface area contributed by atoms with Crippen molar-refractivity contribution in [3.63, 3.8) is 0 Å². The van der Waals surface area contributed by atoms with E-state index in [1.807, 2.05) is 0 Å². The third kappa shape index (κ3) is 5.10. The highest BCUT2D eigenvalue weighted by Crippen LogP contribution is 2.27. The lowest BCUT2D eigenvalue weighted by atomic mass is 10.1. The summed E-state index contributed by atoms with van der Waals surface area (Å²) in [7, 11) is 1.55. The van der Waals surface area contributed by atoms with Crippen molar-refractivity contribution in [2.45, 2.75) is 18.9 Å². The maximum absolute atomic E-state index is 12.2. The number of benzene rings is 1. The minimum Gasteiger partial charge on any atom is -0.493 e. The fraction of sp³-hybridized carbons (Fsp3) is 0.529. The van der Waals surface area contributed by atoms with Crippen molar-refractivity contribution in [2.75, 3.05) is 39.3 Å². The number of nitrogens with zero attached hydrogens (tertiary/aromatic N) is 1. The SMILES string of the molecule is COc1ccc(CC(=O)NCC(=O)N(C)C2CCS(=O)(=O)C2)cc1OC. The van der Waals surface area contributed by atoms with E-state index in [1.54, 1.807) is 25.2 Å². The van der Waals surface area contributed by atoms with Gasteiger partial charge in [-0.05, 0) is 24.1 Å². The molecule has 9 heteroatoms. The molecule has 1 fully saturated rings. The summed E-state index contributed by atoms with van der Waals surface area (Å²) in [5.74, 6) is 0.553. The molecule has 1 saturated heterocycles. The zero-order valence-electron chi connectivity index (χ0n) is 15.1. The maximum Gasteiger partial charge on any atom is 0.241 e. The molecule has 26 heavy (non-hydrogen) atoms. The van der Waals surface area contributed by atoms with Crippen LogP contribution in [0.4, 0.5) is 0 Å². The van der Waals surface area contributed by atoms with Gasteiger partial charge in [0.05, 0.1) is 38.7 Å². The van der Waals surface area contributed by atoms with Gasteiger partial charge in [-0.15, -0.1) is 0 Å². The lowest BCUT2D eigenvalue weighted by Gasteiger charge is -2.23. The lowest BCUT2D eigenvalue weighted by molar-refractivity contribution is -0.133. The van der Waals surface area contributed by atoms with Crippen molar-refractivity contribution >= 4 is 21.7 Å². The molecule has 144 valence electrons. The van der Waals surface area contributed by atoms with Crippen LogP contribution in [-0.4, -0.2) is 70.5 Å². The van der Waals surface area contributed by atoms with Crippen LogP contribution in [0.15, 0.2) is 18.2 Å². The third-order valence-electron chi connectivity index (χ3n) is 4.40. The van der Waals surface area contributed by atoms with Crippen molar-refractivity contribution in [2.24, 2.45) is 0 Å². The van der Waals surface area contributed by atoms with E-state index in [2.05, 4.69) is 5.32 Å². The molecule has 1 N–H and O–H groups in total. The molecule has 0 radical (unpaired) electrons. The summed E-state index contributed by atoms with van der Waals surface area (Å²) in [5, 5.41) is 2.57. The highest BCUT2D eigenvalue weighted by molar-refractivity contribution is 7.91. The van der Waals surface area contributed by atoms with Gasteiger partial charge in [0.1, 0.15) is 0 Å². The number of methoxy groups -OCH3 is 2. The monoisotopic (exact) mass is 384 g/mol. The zero-order valence-corrected chi connectivity index (χ0v) is 16.0. The number of ether oxygens (including phenoxy) is 2. The Morgan fingerprint density at radius 1 is 1.23 bits per heavy atom. The summed E-state index contributed by atoms with van der Waals surface area (Å²) in [5.41, 5.74) is 0.725. The molecule has 0 aromatic heterocycles. The molecule has 1 unspecified atom stereocenters. The van der Waals surface area contributed by atoms with Crippen LogP contribution in [0.5, 0.6) is 11.5 Å². The second-order valence-corrected chi connectivity index (χ2v) is 8.43. The van der Waals surface area contributed by atoms with Gasteiger partial charge in [0, 0.05) is 13.1 Å². The van der Waals surface area contributed by atoms with Crippen LogP contribution in [0.25, 0.3) is 0 Å². The van der Waals surface area contributed by atoms with E-state index in [4.69, 9.17) is 9.47 Å². The molecule has 1 aromatic rings. The van der Waals surface area contributed by atoms with E-state index in [0.29, 0.717) is 17.9 Å². The average molecular weight is 384 g/mol. The first-order valence-electron chi connectivity index (χ1n) is 8.19. The second kappa shape index (κ2) is 8.39. The first-order valence-corrected chi connectivity index (χ1v) is 10.0. The van der Waals surface area contributed by atoms with Crippen LogP contribution in [0.1, 0.15) is 12.0 Å². The number of carbonyl (C=O) groups is 2. The highest BCUT2D eigenvalue weighted by atomic mass is 32.2. The normalized spacial score (nSPS) is 18.2. The van der Waals surface area contributed by atoms with E-state index < -0.39 is 9.84 Å². The van der Waals surface area contributed by atoms with Gasteiger partial charge < -0.3 is 19.7 Å². The molecule has 8 nitrogen and oxygen atoms in total. The first-order chi connectivity index (χ1) is 12.3. The standard InChI is InChI=1S/C17H24N2O6S/c1-19(13-6-7-26(22,23)11-13)17(21)10-18-16(20)9-12-4-5-14(24-2)15(8-12)25-3/h4-5,8,13H,6-7,9-11H2,1-3H3,(H,18,20). The van der Waals surface area contributed by atoms with Gasteiger partial charge in [-0.25, -0.2) is 8.42 Å².